The molecule has 0 fully saturated rings. The highest BCUT2D eigenvalue weighted by molar-refractivity contribution is 5.93. The molecule has 144 valence electrons. The van der Waals surface area contributed by atoms with E-state index in [0.29, 0.717) is 29.6 Å². The van der Waals surface area contributed by atoms with E-state index < -0.39 is 0 Å². The highest BCUT2D eigenvalue weighted by Crippen LogP contribution is 2.25. The van der Waals surface area contributed by atoms with E-state index in [1.54, 1.807) is 24.3 Å². The lowest BCUT2D eigenvalue weighted by molar-refractivity contribution is -0.118. The van der Waals surface area contributed by atoms with Gasteiger partial charge in [0, 0.05) is 17.8 Å². The maximum absolute atomic E-state index is 12.1. The highest BCUT2D eigenvalue weighted by atomic mass is 16.5. The van der Waals surface area contributed by atoms with Gasteiger partial charge in [-0.2, -0.15) is 0 Å². The minimum Gasteiger partial charge on any atom is -0.483 e. The molecule has 0 aliphatic carbocycles. The van der Waals surface area contributed by atoms with Crippen molar-refractivity contribution in [1.82, 2.24) is 0 Å². The molecule has 0 atom stereocenters. The van der Waals surface area contributed by atoms with Crippen LogP contribution in [0.15, 0.2) is 48.5 Å². The van der Waals surface area contributed by atoms with Crippen LogP contribution in [0.2, 0.25) is 0 Å². The molecule has 0 bridgehead atoms. The zero-order valence-electron chi connectivity index (χ0n) is 16.4. The Labute approximate surface area is 161 Å². The molecule has 5 nitrogen and oxygen atoms in total. The first-order chi connectivity index (χ1) is 12.8. The van der Waals surface area contributed by atoms with E-state index in [1.165, 1.54) is 0 Å². The Morgan fingerprint density at radius 1 is 0.852 bits per heavy atom. The Kier molecular flexibility index (Phi) is 7.41. The topological polar surface area (TPSA) is 67.4 Å². The first-order valence-corrected chi connectivity index (χ1v) is 9.26. The first-order valence-electron chi connectivity index (χ1n) is 9.26. The molecule has 2 aromatic rings. The van der Waals surface area contributed by atoms with E-state index in [-0.39, 0.29) is 18.4 Å². The molecule has 0 radical (unpaired) electrons. The molecule has 0 aliphatic heterocycles. The van der Waals surface area contributed by atoms with E-state index >= 15 is 0 Å². The van der Waals surface area contributed by atoms with Gasteiger partial charge >= 0.3 is 0 Å². The van der Waals surface area contributed by atoms with Crippen LogP contribution in [0.3, 0.4) is 0 Å². The second kappa shape index (κ2) is 9.76. The van der Waals surface area contributed by atoms with Crippen LogP contribution in [0.4, 0.5) is 11.4 Å². The number of hydrogen-bond acceptors (Lipinski definition) is 3. The summed E-state index contributed by atoms with van der Waals surface area (Å²) in [4.78, 5) is 23.9. The monoisotopic (exact) mass is 368 g/mol. The number of nitrogens with one attached hydrogen (secondary N) is 2. The number of hydrogen-bond donors (Lipinski definition) is 2. The van der Waals surface area contributed by atoms with Crippen LogP contribution in [0.25, 0.3) is 0 Å². The van der Waals surface area contributed by atoms with Crippen LogP contribution < -0.4 is 15.4 Å². The van der Waals surface area contributed by atoms with Crippen LogP contribution in [0.5, 0.6) is 5.75 Å². The lowest BCUT2D eigenvalue weighted by atomic mass is 10.0. The van der Waals surface area contributed by atoms with Crippen LogP contribution in [-0.2, 0) is 9.59 Å². The molecule has 0 heterocycles. The molecular weight excluding hydrogens is 340 g/mol. The summed E-state index contributed by atoms with van der Waals surface area (Å²) >= 11 is 0. The summed E-state index contributed by atoms with van der Waals surface area (Å²) in [7, 11) is 0. The third-order valence-electron chi connectivity index (χ3n) is 3.95. The fourth-order valence-electron chi connectivity index (χ4n) is 2.65. The second-order valence-corrected chi connectivity index (χ2v) is 7.25. The normalized spacial score (nSPS) is 10.7. The highest BCUT2D eigenvalue weighted by Gasteiger charge is 2.10. The predicted octanol–water partition coefficient (Wildman–Crippen LogP) is 4.81. The van der Waals surface area contributed by atoms with Crippen molar-refractivity contribution in [1.29, 1.82) is 0 Å². The van der Waals surface area contributed by atoms with E-state index in [0.717, 1.165) is 11.3 Å². The molecule has 2 rings (SSSR count). The molecular formula is C22H28N2O3. The molecule has 2 aromatic carbocycles. The SMILES string of the molecule is CC(C)CC(=O)Nc1ccc(NC(=O)COc2ccccc2C(C)C)cc1. The molecule has 2 N–H and O–H groups in total. The third-order valence-corrected chi connectivity index (χ3v) is 3.95. The summed E-state index contributed by atoms with van der Waals surface area (Å²) < 4.78 is 5.68. The Hall–Kier alpha value is -2.82. The number of carbonyl (C=O) groups excluding carboxylic acids is 2. The largest absolute Gasteiger partial charge is 0.483 e. The molecule has 0 aliphatic rings. The maximum Gasteiger partial charge on any atom is 0.262 e. The summed E-state index contributed by atoms with van der Waals surface area (Å²) in [6.07, 6.45) is 0.480. The van der Waals surface area contributed by atoms with Gasteiger partial charge in [0.15, 0.2) is 6.61 Å². The second-order valence-electron chi connectivity index (χ2n) is 7.25. The fraction of sp³-hybridized carbons (Fsp3) is 0.364. The molecule has 0 spiro atoms. The number of ether oxygens (including phenoxy) is 1. The van der Waals surface area contributed by atoms with Gasteiger partial charge in [-0.3, -0.25) is 9.59 Å². The van der Waals surface area contributed by atoms with Crippen molar-refractivity contribution in [3.8, 4) is 5.75 Å². The number of anilines is 2. The van der Waals surface area contributed by atoms with Gasteiger partial charge in [-0.25, -0.2) is 0 Å². The van der Waals surface area contributed by atoms with E-state index in [9.17, 15) is 9.59 Å². The van der Waals surface area contributed by atoms with Crippen molar-refractivity contribution in [2.24, 2.45) is 5.92 Å². The molecule has 0 unspecified atom stereocenters. The Balaban J connectivity index is 1.86. The van der Waals surface area contributed by atoms with Gasteiger partial charge in [0.25, 0.3) is 5.91 Å². The van der Waals surface area contributed by atoms with Crippen molar-refractivity contribution in [3.05, 3.63) is 54.1 Å². The van der Waals surface area contributed by atoms with Crippen molar-refractivity contribution < 1.29 is 14.3 Å². The average molecular weight is 368 g/mol. The van der Waals surface area contributed by atoms with Crippen LogP contribution in [-0.4, -0.2) is 18.4 Å². The third kappa shape index (κ3) is 6.77. The lowest BCUT2D eigenvalue weighted by Crippen LogP contribution is -2.20. The fourth-order valence-corrected chi connectivity index (χ4v) is 2.65. The summed E-state index contributed by atoms with van der Waals surface area (Å²) in [5, 5.41) is 5.64. The zero-order valence-corrected chi connectivity index (χ0v) is 16.4. The smallest absolute Gasteiger partial charge is 0.262 e. The van der Waals surface area contributed by atoms with Crippen LogP contribution in [0.1, 0.15) is 45.6 Å². The molecule has 5 heteroatoms. The van der Waals surface area contributed by atoms with Gasteiger partial charge < -0.3 is 15.4 Å². The summed E-state index contributed by atoms with van der Waals surface area (Å²) in [6, 6.07) is 14.8. The van der Waals surface area contributed by atoms with E-state index in [4.69, 9.17) is 4.74 Å². The van der Waals surface area contributed by atoms with Crippen molar-refractivity contribution in [3.63, 3.8) is 0 Å². The molecule has 0 aromatic heterocycles. The van der Waals surface area contributed by atoms with Crippen molar-refractivity contribution in [2.75, 3.05) is 17.2 Å². The summed E-state index contributed by atoms with van der Waals surface area (Å²) in [5.74, 6) is 1.11. The molecule has 0 saturated heterocycles. The van der Waals surface area contributed by atoms with Gasteiger partial charge in [0.05, 0.1) is 0 Å². The predicted molar refractivity (Wildman–Crippen MR) is 109 cm³/mol. The van der Waals surface area contributed by atoms with E-state index in [1.807, 2.05) is 38.1 Å². The van der Waals surface area contributed by atoms with Crippen LogP contribution >= 0.6 is 0 Å². The molecule has 0 saturated carbocycles. The Bertz CT molecular complexity index is 767. The van der Waals surface area contributed by atoms with Crippen molar-refractivity contribution >= 4 is 23.2 Å². The number of rotatable bonds is 8. The van der Waals surface area contributed by atoms with Gasteiger partial charge in [-0.15, -0.1) is 0 Å². The summed E-state index contributed by atoms with van der Waals surface area (Å²) in [5.41, 5.74) is 2.44. The minimum absolute atomic E-state index is 0.0148. The Morgan fingerprint density at radius 2 is 1.41 bits per heavy atom. The van der Waals surface area contributed by atoms with Gasteiger partial charge in [0.2, 0.25) is 5.91 Å². The lowest BCUT2D eigenvalue weighted by Gasteiger charge is -2.14. The number of amides is 2. The molecule has 27 heavy (non-hydrogen) atoms. The summed E-state index contributed by atoms with van der Waals surface area (Å²) in [6.45, 7) is 8.11. The first kappa shape index (κ1) is 20.5. The number of benzene rings is 2. The Morgan fingerprint density at radius 3 is 1.96 bits per heavy atom. The average Bonchev–Trinajstić information content (AvgIpc) is 2.61. The number of carbonyl (C=O) groups is 2. The zero-order chi connectivity index (χ0) is 19.8. The minimum atomic E-state index is -0.231. The van der Waals surface area contributed by atoms with Crippen LogP contribution in [0, 0.1) is 5.92 Å². The number of para-hydroxylation sites is 1. The maximum atomic E-state index is 12.1. The van der Waals surface area contributed by atoms with Gasteiger partial charge in [-0.05, 0) is 47.7 Å². The standard InChI is InChI=1S/C22H28N2O3/c1-15(2)13-21(25)23-17-9-11-18(12-10-17)24-22(26)14-27-20-8-6-5-7-19(20)16(3)4/h5-12,15-16H,13-14H2,1-4H3,(H,23,25)(H,24,26). The quantitative estimate of drug-likeness (QED) is 0.702. The van der Waals surface area contributed by atoms with Crippen molar-refractivity contribution in [2.45, 2.75) is 40.0 Å². The van der Waals surface area contributed by atoms with E-state index in [2.05, 4.69) is 24.5 Å². The van der Waals surface area contributed by atoms with Gasteiger partial charge in [0.1, 0.15) is 5.75 Å². The molecule has 2 amide bonds. The van der Waals surface area contributed by atoms with Gasteiger partial charge in [-0.1, -0.05) is 45.9 Å².